The van der Waals surface area contributed by atoms with Gasteiger partial charge in [0.25, 0.3) is 15.9 Å². The van der Waals surface area contributed by atoms with Crippen molar-refractivity contribution < 1.29 is 50.2 Å². The van der Waals surface area contributed by atoms with E-state index >= 15 is 0 Å². The van der Waals surface area contributed by atoms with Gasteiger partial charge in [-0.25, -0.2) is 18.1 Å². The van der Waals surface area contributed by atoms with Gasteiger partial charge in [0.15, 0.2) is 5.78 Å². The zero-order valence-corrected chi connectivity index (χ0v) is 25.8. The Morgan fingerprint density at radius 2 is 1.64 bits per heavy atom. The van der Waals surface area contributed by atoms with Gasteiger partial charge in [-0.2, -0.15) is 13.2 Å². The van der Waals surface area contributed by atoms with Crippen molar-refractivity contribution in [3.63, 3.8) is 0 Å². The van der Waals surface area contributed by atoms with Crippen LogP contribution in [0.15, 0.2) is 41.3 Å². The third-order valence-corrected chi connectivity index (χ3v) is 9.28. The number of urea groups is 1. The number of alkyl halides is 3. The Balaban J connectivity index is 1.36. The maximum absolute atomic E-state index is 13.2. The number of piperidine rings is 1. The first-order chi connectivity index (χ1) is 21.2. The fourth-order valence-electron chi connectivity index (χ4n) is 5.40. The number of amides is 3. The lowest BCUT2D eigenvalue weighted by atomic mass is 9.87. The molecule has 3 amide bonds. The fourth-order valence-corrected chi connectivity index (χ4v) is 6.46. The topological polar surface area (TPSA) is 144 Å². The molecule has 4 rings (SSSR count). The molecule has 0 unspecified atom stereocenters. The molecule has 2 N–H and O–H groups in total. The van der Waals surface area contributed by atoms with Crippen molar-refractivity contribution in [2.45, 2.75) is 48.7 Å². The van der Waals surface area contributed by atoms with Gasteiger partial charge in [-0.15, -0.1) is 0 Å². The van der Waals surface area contributed by atoms with Gasteiger partial charge in [0, 0.05) is 32.7 Å². The molecule has 2 aromatic rings. The number of sulfonamides is 1. The van der Waals surface area contributed by atoms with Crippen molar-refractivity contribution >= 4 is 33.4 Å². The molecule has 1 spiro atoms. The molecular formula is C29H35F3N4O8S. The van der Waals surface area contributed by atoms with E-state index in [-0.39, 0.29) is 47.6 Å². The molecule has 246 valence electrons. The highest BCUT2D eigenvalue weighted by atomic mass is 32.2. The number of hydrogen-bond acceptors (Lipinski definition) is 9. The quantitative estimate of drug-likeness (QED) is 0.187. The second-order valence-electron chi connectivity index (χ2n) is 10.8. The summed E-state index contributed by atoms with van der Waals surface area (Å²) in [5.74, 6) is -0.376. The van der Waals surface area contributed by atoms with Crippen LogP contribution in [0, 0.1) is 0 Å². The number of imide groups is 1. The minimum Gasteiger partial charge on any atom is -0.496 e. The van der Waals surface area contributed by atoms with Crippen LogP contribution >= 0.6 is 0 Å². The number of likely N-dealkylation sites (tertiary alicyclic amines) is 1. The number of unbranched alkanes of at least 4 members (excludes halogenated alkanes) is 1. The lowest BCUT2D eigenvalue weighted by Gasteiger charge is -2.37. The zero-order chi connectivity index (χ0) is 33.0. The third kappa shape index (κ3) is 7.50. The number of nitrogens with zero attached hydrogens (tertiary/aromatic N) is 2. The average molecular weight is 657 g/mol. The number of ether oxygens (including phenoxy) is 3. The van der Waals surface area contributed by atoms with E-state index in [9.17, 15) is 36.0 Å². The lowest BCUT2D eigenvalue weighted by molar-refractivity contribution is -0.138. The van der Waals surface area contributed by atoms with Gasteiger partial charge in [-0.3, -0.25) is 14.3 Å². The van der Waals surface area contributed by atoms with Crippen molar-refractivity contribution in [3.05, 3.63) is 47.5 Å². The number of nitrogens with one attached hydrogen (secondary N) is 2. The summed E-state index contributed by atoms with van der Waals surface area (Å²) in [5.41, 5.74) is -1.88. The first-order valence-corrected chi connectivity index (χ1v) is 15.6. The number of hydrogen-bond donors (Lipinski definition) is 2. The Hall–Kier alpha value is -3.89. The van der Waals surface area contributed by atoms with Crippen LogP contribution < -0.4 is 19.5 Å². The maximum Gasteiger partial charge on any atom is 0.416 e. The Morgan fingerprint density at radius 3 is 2.22 bits per heavy atom. The van der Waals surface area contributed by atoms with Gasteiger partial charge in [-0.1, -0.05) is 0 Å². The number of carbonyl (C=O) groups is 3. The summed E-state index contributed by atoms with van der Waals surface area (Å²) < 4.78 is 82.6. The van der Waals surface area contributed by atoms with Crippen LogP contribution in [0.25, 0.3) is 0 Å². The van der Waals surface area contributed by atoms with Crippen molar-refractivity contribution in [3.8, 4) is 11.5 Å². The first-order valence-electron chi connectivity index (χ1n) is 14.1. The monoisotopic (exact) mass is 656 g/mol. The minimum atomic E-state index is -4.62. The fraction of sp³-hybridized carbons (Fsp3) is 0.483. The van der Waals surface area contributed by atoms with Gasteiger partial charge in [-0.05, 0) is 62.6 Å². The molecule has 16 heteroatoms. The smallest absolute Gasteiger partial charge is 0.416 e. The van der Waals surface area contributed by atoms with Crippen molar-refractivity contribution in [2.24, 2.45) is 0 Å². The summed E-state index contributed by atoms with van der Waals surface area (Å²) in [5, 5.41) is 2.81. The second kappa shape index (κ2) is 13.6. The number of anilines is 1. The second-order valence-corrected chi connectivity index (χ2v) is 12.4. The molecule has 2 heterocycles. The van der Waals surface area contributed by atoms with Crippen LogP contribution in [-0.2, 0) is 25.7 Å². The standard InChI is InChI=1S/C29H35F3N4O8S/c1-42-18-36-26(38)28(33-27(36)39)11-14-35(15-12-28)13-5-4-6-23(37)21-16-22(25(44-3)17-24(21)43-2)34-45(40,41)20-9-7-19(8-10-20)29(30,31)32/h7-10,16-17,34H,4-6,11-15,18H2,1-3H3,(H,33,39). The van der Waals surface area contributed by atoms with E-state index in [1.807, 2.05) is 0 Å². The van der Waals surface area contributed by atoms with E-state index < -0.39 is 38.2 Å². The maximum atomic E-state index is 13.2. The van der Waals surface area contributed by atoms with Crippen LogP contribution in [0.4, 0.5) is 23.7 Å². The summed E-state index contributed by atoms with van der Waals surface area (Å²) in [7, 11) is -0.273. The number of methoxy groups -OCH3 is 3. The molecule has 0 saturated carbocycles. The largest absolute Gasteiger partial charge is 0.496 e. The Labute approximate surface area is 258 Å². The molecule has 2 aliphatic rings. The summed E-state index contributed by atoms with van der Waals surface area (Å²) in [6.07, 6.45) is -2.38. The van der Waals surface area contributed by atoms with E-state index in [4.69, 9.17) is 14.2 Å². The van der Waals surface area contributed by atoms with Gasteiger partial charge in [0.1, 0.15) is 23.8 Å². The van der Waals surface area contributed by atoms with Crippen LogP contribution in [0.3, 0.4) is 0 Å². The summed E-state index contributed by atoms with van der Waals surface area (Å²) >= 11 is 0. The van der Waals surface area contributed by atoms with Gasteiger partial charge >= 0.3 is 12.2 Å². The van der Waals surface area contributed by atoms with Crippen molar-refractivity contribution in [1.29, 1.82) is 0 Å². The highest BCUT2D eigenvalue weighted by Crippen LogP contribution is 2.36. The Kier molecular flexibility index (Phi) is 10.3. The molecule has 2 aliphatic heterocycles. The molecule has 0 radical (unpaired) electrons. The average Bonchev–Trinajstić information content (AvgIpc) is 3.23. The SMILES string of the molecule is COCN1C(=O)NC2(CCN(CCCCC(=O)c3cc(NS(=O)(=O)c4ccc(C(F)(F)F)cc4)c(OC)cc3OC)CC2)C1=O. The number of Topliss-reactive ketones (excluding diaryl/α,β-unsaturated/α-hetero) is 1. The van der Waals surface area contributed by atoms with Gasteiger partial charge in [0.2, 0.25) is 0 Å². The molecule has 45 heavy (non-hydrogen) atoms. The first kappa shape index (κ1) is 34.0. The van der Waals surface area contributed by atoms with Crippen LogP contribution in [-0.4, -0.2) is 89.2 Å². The normalized spacial score (nSPS) is 17.0. The molecule has 0 aromatic heterocycles. The molecule has 0 aliphatic carbocycles. The molecule has 12 nitrogen and oxygen atoms in total. The van der Waals surface area contributed by atoms with E-state index in [0.29, 0.717) is 57.5 Å². The highest BCUT2D eigenvalue weighted by Gasteiger charge is 2.52. The zero-order valence-electron chi connectivity index (χ0n) is 25.0. The van der Waals surface area contributed by atoms with Gasteiger partial charge < -0.3 is 24.4 Å². The van der Waals surface area contributed by atoms with E-state index in [0.717, 1.165) is 17.0 Å². The summed E-state index contributed by atoms with van der Waals surface area (Å²) in [6, 6.07) is 5.20. The predicted molar refractivity (Wildman–Crippen MR) is 156 cm³/mol. The van der Waals surface area contributed by atoms with Crippen LogP contribution in [0.2, 0.25) is 0 Å². The molecular weight excluding hydrogens is 621 g/mol. The highest BCUT2D eigenvalue weighted by molar-refractivity contribution is 7.92. The molecule has 0 atom stereocenters. The molecule has 2 aromatic carbocycles. The number of benzene rings is 2. The number of carbonyl (C=O) groups excluding carboxylic acids is 3. The molecule has 2 fully saturated rings. The number of ketones is 1. The van der Waals surface area contributed by atoms with E-state index in [1.165, 1.54) is 33.5 Å². The number of rotatable bonds is 13. The summed E-state index contributed by atoms with van der Waals surface area (Å²) in [6.45, 7) is 1.76. The van der Waals surface area contributed by atoms with Crippen LogP contribution in [0.1, 0.15) is 48.0 Å². The van der Waals surface area contributed by atoms with E-state index in [2.05, 4.69) is 14.9 Å². The van der Waals surface area contributed by atoms with Gasteiger partial charge in [0.05, 0.1) is 35.9 Å². The molecule has 2 saturated heterocycles. The van der Waals surface area contributed by atoms with Crippen molar-refractivity contribution in [1.82, 2.24) is 15.1 Å². The third-order valence-electron chi connectivity index (χ3n) is 7.90. The Bertz CT molecular complexity index is 1530. The Morgan fingerprint density at radius 1 is 1.00 bits per heavy atom. The minimum absolute atomic E-state index is 0.0454. The lowest BCUT2D eigenvalue weighted by Crippen LogP contribution is -2.55. The summed E-state index contributed by atoms with van der Waals surface area (Å²) in [4.78, 5) is 41.0. The predicted octanol–water partition coefficient (Wildman–Crippen LogP) is 3.87. The molecule has 0 bridgehead atoms. The van der Waals surface area contributed by atoms with Crippen molar-refractivity contribution in [2.75, 3.05) is 52.4 Å². The van der Waals surface area contributed by atoms with E-state index in [1.54, 1.807) is 0 Å². The number of halogens is 3. The van der Waals surface area contributed by atoms with Crippen LogP contribution in [0.5, 0.6) is 11.5 Å².